The molecule has 0 N–H and O–H groups in total. The number of ether oxygens (including phenoxy) is 3. The fraction of sp³-hybridized carbons (Fsp3) is 0.680. The summed E-state index contributed by atoms with van der Waals surface area (Å²) in [6, 6.07) is 2.19. The summed E-state index contributed by atoms with van der Waals surface area (Å²) in [5.41, 5.74) is 2.17. The van der Waals surface area contributed by atoms with Crippen LogP contribution in [-0.2, 0) is 4.43 Å². The highest BCUT2D eigenvalue weighted by atomic mass is 28.3. The fourth-order valence-electron chi connectivity index (χ4n) is 4.01. The van der Waals surface area contributed by atoms with Gasteiger partial charge in [-0.1, -0.05) is 54.6 Å². The summed E-state index contributed by atoms with van der Waals surface area (Å²) >= 11 is 0. The third kappa shape index (κ3) is 5.51. The first-order chi connectivity index (χ1) is 14.1. The molecule has 1 unspecified atom stereocenters. The first-order valence-electron chi connectivity index (χ1n) is 11.6. The van der Waals surface area contributed by atoms with Crippen LogP contribution in [0, 0.1) is 10.8 Å². The predicted molar refractivity (Wildman–Crippen MR) is 137 cm³/mol. The van der Waals surface area contributed by atoms with Crippen LogP contribution in [0.25, 0.3) is 5.57 Å². The van der Waals surface area contributed by atoms with Crippen LogP contribution in [-0.4, -0.2) is 37.2 Å². The molecule has 0 spiro atoms. The number of fused-ring (bicyclic) bond motifs is 1. The molecule has 1 heterocycles. The van der Waals surface area contributed by atoms with E-state index in [1.807, 2.05) is 13.8 Å². The Morgan fingerprint density at radius 3 is 2.00 bits per heavy atom. The van der Waals surface area contributed by atoms with Crippen LogP contribution in [0.2, 0.25) is 26.2 Å². The molecule has 6 heteroatoms. The largest absolute Gasteiger partial charge is 0.549 e. The second-order valence-electron chi connectivity index (χ2n) is 11.5. The molecule has 1 aliphatic heterocycles. The van der Waals surface area contributed by atoms with Crippen molar-refractivity contribution in [2.45, 2.75) is 93.8 Å². The van der Waals surface area contributed by atoms with Crippen molar-refractivity contribution in [3.8, 4) is 17.2 Å². The third-order valence-corrected chi connectivity index (χ3v) is 7.67. The van der Waals surface area contributed by atoms with Gasteiger partial charge >= 0.3 is 0 Å². The third-order valence-electron chi connectivity index (χ3n) is 5.26. The minimum atomic E-state index is -1.33. The Morgan fingerprint density at radius 2 is 1.61 bits per heavy atom. The van der Waals surface area contributed by atoms with Crippen LogP contribution in [0.15, 0.2) is 11.8 Å². The first-order valence-corrected chi connectivity index (χ1v) is 17.3. The molecule has 0 aliphatic carbocycles. The topological polar surface area (TPSA) is 36.9 Å². The summed E-state index contributed by atoms with van der Waals surface area (Å²) in [4.78, 5) is 0. The predicted octanol–water partition coefficient (Wildman–Crippen LogP) is 5.74. The average molecular weight is 465 g/mol. The molecule has 4 nitrogen and oxygen atoms in total. The van der Waals surface area contributed by atoms with Gasteiger partial charge in [-0.15, -0.1) is 0 Å². The van der Waals surface area contributed by atoms with Gasteiger partial charge in [-0.2, -0.15) is 0 Å². The van der Waals surface area contributed by atoms with Gasteiger partial charge < -0.3 is 18.6 Å². The Hall–Kier alpha value is -1.41. The fourth-order valence-corrected chi connectivity index (χ4v) is 6.31. The van der Waals surface area contributed by atoms with Gasteiger partial charge in [-0.05, 0) is 38.2 Å². The van der Waals surface area contributed by atoms with Gasteiger partial charge in [0, 0.05) is 22.0 Å². The van der Waals surface area contributed by atoms with E-state index in [-0.39, 0.29) is 23.0 Å². The second-order valence-corrected chi connectivity index (χ2v) is 16.8. The number of allylic oxidation sites excluding steroid dienone is 1. The monoisotopic (exact) mass is 464 g/mol. The molecule has 1 aromatic rings. The first kappa shape index (κ1) is 25.9. The van der Waals surface area contributed by atoms with E-state index in [9.17, 15) is 0 Å². The van der Waals surface area contributed by atoms with E-state index in [0.717, 1.165) is 17.3 Å². The molecule has 1 aliphatic rings. The molecule has 0 saturated carbocycles. The summed E-state index contributed by atoms with van der Waals surface area (Å²) in [5, 5.41) is 1.35. The SMILES string of the molecule is COc1cc([SiH](C)C)c2c(c1OC(C)C)OC(C(C)(C)C)C2=C(O[SiH](C)C)C(C)(C)C. The molecule has 2 rings (SSSR count). The average Bonchev–Trinajstić information content (AvgIpc) is 2.98. The standard InChI is InChI=1S/C25H44O4Si2/c1-15(2)27-20-16(26-9)14-17(30(10)11)18-19(22(24(3,4)5)28-21(18)20)23(25(6,7)8)29-31(12)13/h14-15,22,30-31H,1-13H3. The molecule has 0 radical (unpaired) electrons. The zero-order chi connectivity index (χ0) is 23.9. The number of benzene rings is 1. The lowest BCUT2D eigenvalue weighted by Crippen LogP contribution is -2.34. The Labute approximate surface area is 193 Å². The van der Waals surface area contributed by atoms with Crippen molar-refractivity contribution in [3.05, 3.63) is 17.4 Å². The summed E-state index contributed by atoms with van der Waals surface area (Å²) in [5.74, 6) is 3.37. The van der Waals surface area contributed by atoms with Crippen molar-refractivity contribution in [3.63, 3.8) is 0 Å². The van der Waals surface area contributed by atoms with Crippen molar-refractivity contribution in [2.75, 3.05) is 7.11 Å². The van der Waals surface area contributed by atoms with E-state index >= 15 is 0 Å². The summed E-state index contributed by atoms with van der Waals surface area (Å²) in [7, 11) is -0.837. The number of methoxy groups -OCH3 is 1. The lowest BCUT2D eigenvalue weighted by atomic mass is 9.79. The summed E-state index contributed by atoms with van der Waals surface area (Å²) < 4.78 is 25.5. The van der Waals surface area contributed by atoms with E-state index < -0.39 is 17.8 Å². The van der Waals surface area contributed by atoms with Crippen LogP contribution < -0.4 is 19.4 Å². The van der Waals surface area contributed by atoms with Crippen LogP contribution in [0.3, 0.4) is 0 Å². The van der Waals surface area contributed by atoms with Crippen molar-refractivity contribution < 1.29 is 18.6 Å². The highest BCUT2D eigenvalue weighted by molar-refractivity contribution is 6.71. The van der Waals surface area contributed by atoms with Crippen molar-refractivity contribution in [1.29, 1.82) is 0 Å². The highest BCUT2D eigenvalue weighted by Crippen LogP contribution is 2.54. The molecule has 0 amide bonds. The maximum Gasteiger partial charge on any atom is 0.229 e. The van der Waals surface area contributed by atoms with Crippen LogP contribution in [0.4, 0.5) is 0 Å². The Balaban J connectivity index is 3.04. The lowest BCUT2D eigenvalue weighted by Gasteiger charge is -2.34. The van der Waals surface area contributed by atoms with E-state index in [1.54, 1.807) is 7.11 Å². The van der Waals surface area contributed by atoms with Gasteiger partial charge in [0.2, 0.25) is 14.8 Å². The zero-order valence-electron chi connectivity index (χ0n) is 22.0. The number of hydrogen-bond acceptors (Lipinski definition) is 4. The molecule has 31 heavy (non-hydrogen) atoms. The molecule has 0 saturated heterocycles. The Morgan fingerprint density at radius 1 is 1.03 bits per heavy atom. The van der Waals surface area contributed by atoms with E-state index in [0.29, 0.717) is 5.75 Å². The molecular formula is C25H44O4Si2. The van der Waals surface area contributed by atoms with Gasteiger partial charge in [0.1, 0.15) is 6.10 Å². The molecule has 176 valence electrons. The van der Waals surface area contributed by atoms with E-state index in [2.05, 4.69) is 73.8 Å². The summed E-state index contributed by atoms with van der Waals surface area (Å²) in [6.45, 7) is 26.7. The van der Waals surface area contributed by atoms with E-state index in [4.69, 9.17) is 18.6 Å². The minimum Gasteiger partial charge on any atom is -0.549 e. The molecule has 0 aromatic heterocycles. The molecule has 1 aromatic carbocycles. The lowest BCUT2D eigenvalue weighted by molar-refractivity contribution is 0.134. The van der Waals surface area contributed by atoms with Gasteiger partial charge in [0.25, 0.3) is 0 Å². The quantitative estimate of drug-likeness (QED) is 0.397. The maximum absolute atomic E-state index is 6.80. The van der Waals surface area contributed by atoms with Crippen LogP contribution in [0.1, 0.15) is 61.0 Å². The molecule has 1 atom stereocenters. The van der Waals surface area contributed by atoms with Crippen molar-refractivity contribution >= 4 is 28.6 Å². The maximum atomic E-state index is 6.80. The van der Waals surface area contributed by atoms with Crippen LogP contribution in [0.5, 0.6) is 17.2 Å². The smallest absolute Gasteiger partial charge is 0.229 e. The zero-order valence-corrected chi connectivity index (χ0v) is 24.3. The van der Waals surface area contributed by atoms with Gasteiger partial charge in [-0.25, -0.2) is 0 Å². The van der Waals surface area contributed by atoms with Gasteiger partial charge in [0.05, 0.1) is 27.8 Å². The Kier molecular flexibility index (Phi) is 7.69. The normalized spacial score (nSPS) is 18.4. The summed E-state index contributed by atoms with van der Waals surface area (Å²) in [6.07, 6.45) is -0.0936. The number of hydrogen-bond donors (Lipinski definition) is 0. The van der Waals surface area contributed by atoms with Crippen LogP contribution >= 0.6 is 0 Å². The van der Waals surface area contributed by atoms with Crippen molar-refractivity contribution in [2.24, 2.45) is 10.8 Å². The highest BCUT2D eigenvalue weighted by Gasteiger charge is 2.45. The minimum absolute atomic E-state index is 0.0197. The number of rotatable bonds is 6. The molecular weight excluding hydrogens is 420 g/mol. The molecule has 0 fully saturated rings. The van der Waals surface area contributed by atoms with Gasteiger partial charge in [-0.3, -0.25) is 0 Å². The van der Waals surface area contributed by atoms with E-state index in [1.165, 1.54) is 16.3 Å². The second kappa shape index (κ2) is 9.22. The van der Waals surface area contributed by atoms with Crippen molar-refractivity contribution in [1.82, 2.24) is 0 Å². The molecule has 0 bridgehead atoms. The Bertz CT molecular complexity index is 827. The van der Waals surface area contributed by atoms with Gasteiger partial charge in [0.15, 0.2) is 11.5 Å².